The first-order chi connectivity index (χ1) is 3.43. The monoisotopic (exact) mass is 280 g/mol. The van der Waals surface area contributed by atoms with Crippen molar-refractivity contribution in [2.45, 2.75) is 0 Å². The van der Waals surface area contributed by atoms with E-state index in [0.29, 0.717) is 0 Å². The molecule has 1 aliphatic rings. The predicted molar refractivity (Wildman–Crippen MR) is 56.5 cm³/mol. The lowest BCUT2D eigenvalue weighted by atomic mass is 10.7. The van der Waals surface area contributed by atoms with Crippen LogP contribution in [0.15, 0.2) is 4.99 Å². The van der Waals surface area contributed by atoms with Crippen molar-refractivity contribution in [1.29, 1.82) is 0 Å². The molecule has 0 spiro atoms. The van der Waals surface area contributed by atoms with Gasteiger partial charge in [-0.25, -0.2) is 0 Å². The molecular weight excluding hydrogens is 270 g/mol. The van der Waals surface area contributed by atoms with Crippen LogP contribution in [0.1, 0.15) is 0 Å². The quantitative estimate of drug-likeness (QED) is 0.678. The summed E-state index contributed by atoms with van der Waals surface area (Å²) in [5.74, 6) is 0. The highest BCUT2D eigenvalue weighted by Crippen LogP contribution is 1.97. The standard InChI is InChI=1S/C4H8N2S.ClH.HI/c1-7-4-5-2-3-6-4;;/h2-3H2,1H3,(H,5,6);2*1H. The van der Waals surface area contributed by atoms with E-state index >= 15 is 0 Å². The second-order valence-electron chi connectivity index (χ2n) is 1.32. The van der Waals surface area contributed by atoms with Crippen molar-refractivity contribution in [2.75, 3.05) is 19.3 Å². The Kier molecular flexibility index (Phi) is 9.67. The van der Waals surface area contributed by atoms with Crippen molar-refractivity contribution in [1.82, 2.24) is 5.32 Å². The molecule has 5 heteroatoms. The Bertz CT molecular complexity index is 98.6. The summed E-state index contributed by atoms with van der Waals surface area (Å²) in [7, 11) is 0. The Labute approximate surface area is 82.7 Å². The maximum absolute atomic E-state index is 4.12. The van der Waals surface area contributed by atoms with Gasteiger partial charge in [0.25, 0.3) is 0 Å². The van der Waals surface area contributed by atoms with E-state index in [0.717, 1.165) is 18.3 Å². The molecule has 0 aliphatic carbocycles. The molecule has 0 radical (unpaired) electrons. The van der Waals surface area contributed by atoms with E-state index < -0.39 is 0 Å². The highest BCUT2D eigenvalue weighted by Gasteiger charge is 1.99. The Morgan fingerprint density at radius 2 is 2.33 bits per heavy atom. The molecule has 0 amide bonds. The average Bonchev–Trinajstić information content (AvgIpc) is 2.14. The van der Waals surface area contributed by atoms with Gasteiger partial charge in [0.15, 0.2) is 5.17 Å². The van der Waals surface area contributed by atoms with E-state index in [4.69, 9.17) is 0 Å². The number of hydrogen-bond donors (Lipinski definition) is 1. The predicted octanol–water partition coefficient (Wildman–Crippen LogP) is 1.35. The Morgan fingerprint density at radius 1 is 1.67 bits per heavy atom. The summed E-state index contributed by atoms with van der Waals surface area (Å²) in [4.78, 5) is 4.12. The van der Waals surface area contributed by atoms with Gasteiger partial charge in [0.1, 0.15) is 0 Å². The van der Waals surface area contributed by atoms with Crippen LogP contribution in [0.4, 0.5) is 0 Å². The Hall–Kier alpha value is 0.840. The fourth-order valence-corrected chi connectivity index (χ4v) is 0.980. The molecule has 1 rings (SSSR count). The molecule has 0 atom stereocenters. The van der Waals surface area contributed by atoms with Crippen LogP contribution in [-0.4, -0.2) is 24.5 Å². The lowest BCUT2D eigenvalue weighted by molar-refractivity contribution is 0.963. The summed E-state index contributed by atoms with van der Waals surface area (Å²) in [6.45, 7) is 1.98. The van der Waals surface area contributed by atoms with Crippen LogP contribution in [0.3, 0.4) is 0 Å². The average molecular weight is 281 g/mol. The maximum Gasteiger partial charge on any atom is 0.156 e. The summed E-state index contributed by atoms with van der Waals surface area (Å²) in [5, 5.41) is 4.20. The minimum atomic E-state index is 0. The van der Waals surface area contributed by atoms with Crippen LogP contribution in [0.2, 0.25) is 0 Å². The van der Waals surface area contributed by atoms with Crippen LogP contribution in [0, 0.1) is 0 Å². The molecular formula is C4H10ClIN2S. The number of halogens is 2. The maximum atomic E-state index is 4.12. The molecule has 0 saturated heterocycles. The van der Waals surface area contributed by atoms with Crippen LogP contribution < -0.4 is 5.32 Å². The number of nitrogens with one attached hydrogen (secondary N) is 1. The van der Waals surface area contributed by atoms with E-state index in [1.807, 2.05) is 6.26 Å². The fourth-order valence-electron chi connectivity index (χ4n) is 0.513. The molecule has 1 aliphatic heterocycles. The molecule has 56 valence electrons. The van der Waals surface area contributed by atoms with Crippen LogP contribution in [0.25, 0.3) is 0 Å². The summed E-state index contributed by atoms with van der Waals surface area (Å²) < 4.78 is 0. The molecule has 0 unspecified atom stereocenters. The zero-order valence-electron chi connectivity index (χ0n) is 5.09. The van der Waals surface area contributed by atoms with E-state index in [1.54, 1.807) is 11.8 Å². The highest BCUT2D eigenvalue weighted by atomic mass is 127. The smallest absolute Gasteiger partial charge is 0.156 e. The van der Waals surface area contributed by atoms with E-state index in [-0.39, 0.29) is 36.4 Å². The number of rotatable bonds is 0. The van der Waals surface area contributed by atoms with E-state index in [1.165, 1.54) is 0 Å². The number of nitrogens with zero attached hydrogens (tertiary/aromatic N) is 1. The number of hydrogen-bond acceptors (Lipinski definition) is 3. The van der Waals surface area contributed by atoms with Crippen molar-refractivity contribution in [3.8, 4) is 0 Å². The lowest BCUT2D eigenvalue weighted by Crippen LogP contribution is -2.14. The van der Waals surface area contributed by atoms with Gasteiger partial charge in [-0.15, -0.1) is 36.4 Å². The molecule has 0 fully saturated rings. The molecule has 0 aromatic rings. The summed E-state index contributed by atoms with van der Waals surface area (Å²) >= 11 is 1.67. The molecule has 1 heterocycles. The van der Waals surface area contributed by atoms with Crippen molar-refractivity contribution in [3.63, 3.8) is 0 Å². The van der Waals surface area contributed by atoms with Crippen molar-refractivity contribution >= 4 is 53.3 Å². The first-order valence-corrected chi connectivity index (χ1v) is 3.48. The molecule has 0 bridgehead atoms. The van der Waals surface area contributed by atoms with Gasteiger partial charge >= 0.3 is 0 Å². The normalized spacial score (nSPS) is 14.6. The fraction of sp³-hybridized carbons (Fsp3) is 0.750. The van der Waals surface area contributed by atoms with Gasteiger partial charge in [-0.1, -0.05) is 11.8 Å². The molecule has 0 aromatic heterocycles. The minimum absolute atomic E-state index is 0. The molecule has 1 N–H and O–H groups in total. The summed E-state index contributed by atoms with van der Waals surface area (Å²) in [6, 6.07) is 0. The molecule has 2 nitrogen and oxygen atoms in total. The molecule has 9 heavy (non-hydrogen) atoms. The van der Waals surface area contributed by atoms with Gasteiger partial charge in [-0.05, 0) is 6.26 Å². The van der Waals surface area contributed by atoms with E-state index in [9.17, 15) is 0 Å². The van der Waals surface area contributed by atoms with Gasteiger partial charge in [-0.3, -0.25) is 4.99 Å². The van der Waals surface area contributed by atoms with Gasteiger partial charge in [-0.2, -0.15) is 0 Å². The second kappa shape index (κ2) is 6.95. The SMILES string of the molecule is CSC1=NCCN1.Cl.I. The summed E-state index contributed by atoms with van der Waals surface area (Å²) in [6.07, 6.45) is 2.02. The van der Waals surface area contributed by atoms with Crippen molar-refractivity contribution in [2.24, 2.45) is 4.99 Å². The minimum Gasteiger partial charge on any atom is -0.363 e. The first kappa shape index (κ1) is 12.5. The zero-order chi connectivity index (χ0) is 5.11. The molecule has 0 saturated carbocycles. The zero-order valence-corrected chi connectivity index (χ0v) is 9.05. The van der Waals surface area contributed by atoms with Crippen LogP contribution >= 0.6 is 48.1 Å². The topological polar surface area (TPSA) is 24.4 Å². The largest absolute Gasteiger partial charge is 0.363 e. The lowest BCUT2D eigenvalue weighted by Gasteiger charge is -1.91. The van der Waals surface area contributed by atoms with Gasteiger partial charge in [0.05, 0.1) is 6.54 Å². The van der Waals surface area contributed by atoms with E-state index in [2.05, 4.69) is 10.3 Å². The van der Waals surface area contributed by atoms with Crippen LogP contribution in [-0.2, 0) is 0 Å². The number of thioether (sulfide) groups is 1. The van der Waals surface area contributed by atoms with Gasteiger partial charge < -0.3 is 5.32 Å². The number of aliphatic imine (C=N–C) groups is 1. The highest BCUT2D eigenvalue weighted by molar-refractivity contribution is 14.0. The third-order valence-electron chi connectivity index (χ3n) is 0.837. The number of amidine groups is 1. The van der Waals surface area contributed by atoms with Crippen LogP contribution in [0.5, 0.6) is 0 Å². The third kappa shape index (κ3) is 4.27. The first-order valence-electron chi connectivity index (χ1n) is 2.26. The van der Waals surface area contributed by atoms with Crippen molar-refractivity contribution < 1.29 is 0 Å². The third-order valence-corrected chi connectivity index (χ3v) is 1.50. The molecule has 0 aromatic carbocycles. The van der Waals surface area contributed by atoms with Crippen molar-refractivity contribution in [3.05, 3.63) is 0 Å². The Morgan fingerprint density at radius 3 is 2.56 bits per heavy atom. The van der Waals surface area contributed by atoms with Gasteiger partial charge in [0.2, 0.25) is 0 Å². The van der Waals surface area contributed by atoms with Gasteiger partial charge in [0, 0.05) is 6.54 Å². The summed E-state index contributed by atoms with van der Waals surface area (Å²) in [5.41, 5.74) is 0. The Balaban J connectivity index is 0. The second-order valence-corrected chi connectivity index (χ2v) is 2.11.